The van der Waals surface area contributed by atoms with Gasteiger partial charge in [0.1, 0.15) is 22.8 Å². The molecule has 1 aromatic carbocycles. The van der Waals surface area contributed by atoms with Gasteiger partial charge in [0.15, 0.2) is 5.65 Å². The highest BCUT2D eigenvalue weighted by molar-refractivity contribution is 7.13. The summed E-state index contributed by atoms with van der Waals surface area (Å²) < 4.78 is 1.74. The molecule has 9 heteroatoms. The summed E-state index contributed by atoms with van der Waals surface area (Å²) in [6.45, 7) is 4.73. The highest BCUT2D eigenvalue weighted by Crippen LogP contribution is 2.26. The van der Waals surface area contributed by atoms with Gasteiger partial charge in [0.2, 0.25) is 0 Å². The number of carbonyl (C=O) groups is 1. The Balaban J connectivity index is 1.28. The maximum Gasteiger partial charge on any atom is 0.273 e. The van der Waals surface area contributed by atoms with E-state index in [1.54, 1.807) is 17.2 Å². The predicted octanol–water partition coefficient (Wildman–Crippen LogP) is 2.76. The summed E-state index contributed by atoms with van der Waals surface area (Å²) in [5.41, 5.74) is 3.57. The van der Waals surface area contributed by atoms with Gasteiger partial charge in [-0.15, -0.1) is 11.3 Å². The molecule has 1 aliphatic rings. The smallest absolute Gasteiger partial charge is 0.273 e. The Labute approximate surface area is 177 Å². The Morgan fingerprint density at radius 1 is 1.07 bits per heavy atom. The van der Waals surface area contributed by atoms with E-state index in [1.807, 2.05) is 29.5 Å². The first kappa shape index (κ1) is 18.7. The Morgan fingerprint density at radius 3 is 2.60 bits per heavy atom. The van der Waals surface area contributed by atoms with Crippen molar-refractivity contribution in [3.8, 4) is 10.6 Å². The molecule has 4 aromatic rings. The molecule has 0 bridgehead atoms. The van der Waals surface area contributed by atoms with E-state index in [2.05, 4.69) is 44.0 Å². The van der Waals surface area contributed by atoms with Crippen molar-refractivity contribution in [1.29, 1.82) is 0 Å². The largest absolute Gasteiger partial charge is 0.352 e. The molecule has 8 nitrogen and oxygen atoms in total. The van der Waals surface area contributed by atoms with Gasteiger partial charge in [-0.05, 0) is 6.92 Å². The Bertz CT molecular complexity index is 1210. The van der Waals surface area contributed by atoms with Crippen molar-refractivity contribution in [1.82, 2.24) is 29.6 Å². The van der Waals surface area contributed by atoms with Crippen molar-refractivity contribution in [2.75, 3.05) is 31.1 Å². The van der Waals surface area contributed by atoms with Gasteiger partial charge in [-0.25, -0.2) is 15.0 Å². The lowest BCUT2D eigenvalue weighted by atomic mass is 10.2. The van der Waals surface area contributed by atoms with E-state index in [0.717, 1.165) is 27.4 Å². The minimum absolute atomic E-state index is 0.0153. The molecule has 30 heavy (non-hydrogen) atoms. The molecule has 0 radical (unpaired) electrons. The molecule has 0 atom stereocenters. The molecular formula is C21H21N7OS. The molecule has 5 rings (SSSR count). The van der Waals surface area contributed by atoms with Crippen molar-refractivity contribution in [2.45, 2.75) is 6.92 Å². The summed E-state index contributed by atoms with van der Waals surface area (Å²) in [5.74, 6) is 0.856. The molecule has 1 saturated heterocycles. The fraction of sp³-hybridized carbons (Fsp3) is 0.286. The Kier molecular flexibility index (Phi) is 4.66. The molecule has 0 aliphatic carbocycles. The van der Waals surface area contributed by atoms with Crippen LogP contribution in [0.4, 0.5) is 5.82 Å². The van der Waals surface area contributed by atoms with E-state index >= 15 is 0 Å². The number of rotatable bonds is 3. The van der Waals surface area contributed by atoms with Crippen LogP contribution < -0.4 is 4.90 Å². The lowest BCUT2D eigenvalue weighted by molar-refractivity contribution is 0.0741. The molecule has 0 saturated carbocycles. The number of benzene rings is 1. The van der Waals surface area contributed by atoms with Gasteiger partial charge >= 0.3 is 0 Å². The molecule has 1 amide bonds. The average molecular weight is 420 g/mol. The second kappa shape index (κ2) is 7.49. The minimum Gasteiger partial charge on any atom is -0.352 e. The van der Waals surface area contributed by atoms with Crippen molar-refractivity contribution >= 4 is 34.1 Å². The number of fused-ring (bicyclic) bond motifs is 1. The monoisotopic (exact) mass is 419 g/mol. The number of aromatic nitrogens is 5. The number of hydrogen-bond acceptors (Lipinski definition) is 7. The summed E-state index contributed by atoms with van der Waals surface area (Å²) in [4.78, 5) is 30.4. The van der Waals surface area contributed by atoms with Crippen LogP contribution in [0.15, 0.2) is 42.2 Å². The first-order chi connectivity index (χ1) is 14.6. The molecule has 152 valence electrons. The summed E-state index contributed by atoms with van der Waals surface area (Å²) >= 11 is 1.51. The standard InChI is InChI=1S/C21H21N7OS/c1-14-3-5-15(6-4-14)20-25-17(12-30-20)21(29)28-9-7-27(8-10-28)19-16-11-24-26(2)18(16)22-13-23-19/h3-6,11-13H,7-10H2,1-2H3. The lowest BCUT2D eigenvalue weighted by Crippen LogP contribution is -2.49. The maximum atomic E-state index is 13.0. The van der Waals surface area contributed by atoms with Crippen molar-refractivity contribution in [3.05, 3.63) is 53.4 Å². The molecule has 1 aliphatic heterocycles. The third-order valence-corrected chi connectivity index (χ3v) is 6.29. The molecule has 0 spiro atoms. The van der Waals surface area contributed by atoms with E-state index in [0.29, 0.717) is 31.9 Å². The zero-order valence-corrected chi connectivity index (χ0v) is 17.6. The van der Waals surface area contributed by atoms with E-state index < -0.39 is 0 Å². The molecule has 3 aromatic heterocycles. The molecular weight excluding hydrogens is 398 g/mol. The zero-order chi connectivity index (χ0) is 20.7. The quantitative estimate of drug-likeness (QED) is 0.508. The normalized spacial score (nSPS) is 14.5. The first-order valence-corrected chi connectivity index (χ1v) is 10.7. The van der Waals surface area contributed by atoms with Crippen molar-refractivity contribution in [3.63, 3.8) is 0 Å². The van der Waals surface area contributed by atoms with Gasteiger partial charge in [0.25, 0.3) is 5.91 Å². The number of nitrogens with zero attached hydrogens (tertiary/aromatic N) is 7. The fourth-order valence-corrected chi connectivity index (χ4v) is 4.49. The van der Waals surface area contributed by atoms with Crippen LogP contribution in [0.25, 0.3) is 21.6 Å². The number of hydrogen-bond donors (Lipinski definition) is 0. The van der Waals surface area contributed by atoms with Crippen molar-refractivity contribution < 1.29 is 4.79 Å². The van der Waals surface area contributed by atoms with Gasteiger partial charge in [0, 0.05) is 44.2 Å². The SMILES string of the molecule is Cc1ccc(-c2nc(C(=O)N3CCN(c4ncnc5c4cnn5C)CC3)cs2)cc1. The fourth-order valence-electron chi connectivity index (χ4n) is 3.69. The van der Waals surface area contributed by atoms with Crippen LogP contribution >= 0.6 is 11.3 Å². The lowest BCUT2D eigenvalue weighted by Gasteiger charge is -2.35. The van der Waals surface area contributed by atoms with Crippen LogP contribution in [0.5, 0.6) is 0 Å². The Morgan fingerprint density at radius 2 is 1.83 bits per heavy atom. The topological polar surface area (TPSA) is 80.0 Å². The summed E-state index contributed by atoms with van der Waals surface area (Å²) in [6.07, 6.45) is 3.36. The van der Waals surface area contributed by atoms with E-state index in [9.17, 15) is 4.79 Å². The van der Waals surface area contributed by atoms with Gasteiger partial charge in [-0.3, -0.25) is 9.48 Å². The predicted molar refractivity (Wildman–Crippen MR) is 117 cm³/mol. The second-order valence-corrected chi connectivity index (χ2v) is 8.24. The number of amides is 1. The summed E-state index contributed by atoms with van der Waals surface area (Å²) in [6, 6.07) is 8.21. The molecule has 0 N–H and O–H groups in total. The third kappa shape index (κ3) is 3.30. The van der Waals surface area contributed by atoms with E-state index in [-0.39, 0.29) is 5.91 Å². The maximum absolute atomic E-state index is 13.0. The van der Waals surface area contributed by atoms with Gasteiger partial charge in [-0.2, -0.15) is 5.10 Å². The van der Waals surface area contributed by atoms with E-state index in [1.165, 1.54) is 16.9 Å². The minimum atomic E-state index is -0.0153. The van der Waals surface area contributed by atoms with Crippen LogP contribution in [0, 0.1) is 6.92 Å². The van der Waals surface area contributed by atoms with Gasteiger partial charge < -0.3 is 9.80 Å². The molecule has 1 fully saturated rings. The van der Waals surface area contributed by atoms with Crippen LogP contribution in [-0.2, 0) is 7.05 Å². The van der Waals surface area contributed by atoms with Crippen LogP contribution in [0.3, 0.4) is 0 Å². The average Bonchev–Trinajstić information content (AvgIpc) is 3.41. The first-order valence-electron chi connectivity index (χ1n) is 9.79. The summed E-state index contributed by atoms with van der Waals surface area (Å²) in [5, 5.41) is 7.94. The van der Waals surface area contributed by atoms with Crippen molar-refractivity contribution in [2.24, 2.45) is 7.05 Å². The molecule has 4 heterocycles. The van der Waals surface area contributed by atoms with Gasteiger partial charge in [0.05, 0.1) is 11.6 Å². The van der Waals surface area contributed by atoms with Crippen LogP contribution in [-0.4, -0.2) is 61.7 Å². The summed E-state index contributed by atoms with van der Waals surface area (Å²) in [7, 11) is 1.87. The third-order valence-electron chi connectivity index (χ3n) is 5.40. The van der Waals surface area contributed by atoms with Crippen LogP contribution in [0.2, 0.25) is 0 Å². The van der Waals surface area contributed by atoms with E-state index in [4.69, 9.17) is 0 Å². The highest BCUT2D eigenvalue weighted by Gasteiger charge is 2.26. The highest BCUT2D eigenvalue weighted by atomic mass is 32.1. The van der Waals surface area contributed by atoms with Gasteiger partial charge in [-0.1, -0.05) is 29.8 Å². The number of thiazole rings is 1. The zero-order valence-electron chi connectivity index (χ0n) is 16.8. The number of piperazine rings is 1. The number of anilines is 1. The second-order valence-electron chi connectivity index (χ2n) is 7.39. The number of carbonyl (C=O) groups excluding carboxylic acids is 1. The number of aryl methyl sites for hydroxylation is 2. The van der Waals surface area contributed by atoms with Crippen LogP contribution in [0.1, 0.15) is 16.1 Å². The molecule has 0 unspecified atom stereocenters. The Hall–Kier alpha value is -3.33.